The first-order valence-corrected chi connectivity index (χ1v) is 5.03. The van der Waals surface area contributed by atoms with E-state index in [0.29, 0.717) is 0 Å². The van der Waals surface area contributed by atoms with E-state index in [-0.39, 0.29) is 30.7 Å². The van der Waals surface area contributed by atoms with Gasteiger partial charge < -0.3 is 9.47 Å². The normalized spacial score (nSPS) is 13.1. The number of rotatable bonds is 4. The van der Waals surface area contributed by atoms with Gasteiger partial charge in [-0.15, -0.1) is 0 Å². The number of hydrogen-bond acceptors (Lipinski definition) is 4. The van der Waals surface area contributed by atoms with Gasteiger partial charge >= 0.3 is 11.9 Å². The molecule has 0 aromatic carbocycles. The van der Waals surface area contributed by atoms with E-state index in [0.717, 1.165) is 0 Å². The first-order chi connectivity index (χ1) is 6.74. The third-order valence-electron chi connectivity index (χ3n) is 1.68. The molecule has 0 rings (SSSR count). The molecule has 0 aromatic rings. The molecule has 0 amide bonds. The van der Waals surface area contributed by atoms with Crippen molar-refractivity contribution in [1.29, 1.82) is 0 Å². The van der Waals surface area contributed by atoms with E-state index in [2.05, 4.69) is 4.74 Å². The molecule has 0 aromatic heterocycles. The Morgan fingerprint density at radius 3 is 2.00 bits per heavy atom. The summed E-state index contributed by atoms with van der Waals surface area (Å²) in [4.78, 5) is 22.3. The van der Waals surface area contributed by atoms with Gasteiger partial charge in [-0.25, -0.2) is 0 Å². The molecule has 0 saturated carbocycles. The highest BCUT2D eigenvalue weighted by Gasteiger charge is 2.19. The van der Waals surface area contributed by atoms with Gasteiger partial charge in [0.25, 0.3) is 0 Å². The number of carbonyl (C=O) groups is 2. The molecule has 0 fully saturated rings. The van der Waals surface area contributed by atoms with Crippen molar-refractivity contribution in [3.8, 4) is 0 Å². The Morgan fingerprint density at radius 1 is 1.13 bits per heavy atom. The Morgan fingerprint density at radius 2 is 1.60 bits per heavy atom. The third kappa shape index (κ3) is 7.97. The van der Waals surface area contributed by atoms with Crippen LogP contribution in [-0.2, 0) is 19.1 Å². The van der Waals surface area contributed by atoms with E-state index >= 15 is 0 Å². The van der Waals surface area contributed by atoms with E-state index in [4.69, 9.17) is 4.74 Å². The maximum Gasteiger partial charge on any atom is 0.306 e. The zero-order valence-electron chi connectivity index (χ0n) is 10.1. The minimum Gasteiger partial charge on any atom is -0.469 e. The van der Waals surface area contributed by atoms with Gasteiger partial charge in [0.1, 0.15) is 5.60 Å². The fraction of sp³-hybridized carbons (Fsp3) is 0.818. The van der Waals surface area contributed by atoms with Crippen LogP contribution in [0.4, 0.5) is 0 Å². The second-order valence-corrected chi connectivity index (χ2v) is 4.68. The summed E-state index contributed by atoms with van der Waals surface area (Å²) in [7, 11) is 1.34. The lowest BCUT2D eigenvalue weighted by atomic mass is 10.0. The summed E-state index contributed by atoms with van der Waals surface area (Å²) in [5.41, 5.74) is -0.470. The van der Waals surface area contributed by atoms with Crippen LogP contribution in [0.3, 0.4) is 0 Å². The molecule has 0 aliphatic carbocycles. The van der Waals surface area contributed by atoms with Crippen molar-refractivity contribution in [3.63, 3.8) is 0 Å². The Bertz CT molecular complexity index is 227. The topological polar surface area (TPSA) is 52.6 Å². The molecule has 1 atom stereocenters. The molecule has 0 radical (unpaired) electrons. The molecule has 0 bridgehead atoms. The molecule has 0 N–H and O–H groups in total. The second kappa shape index (κ2) is 5.73. The lowest BCUT2D eigenvalue weighted by molar-refractivity contribution is -0.156. The summed E-state index contributed by atoms with van der Waals surface area (Å²) in [6.45, 7) is 7.27. The standard InChI is InChI=1S/C11H20O4/c1-8(6-9(12)14-5)7-10(13)15-11(2,3)4/h8H,6-7H2,1-5H3/t8-/m1/s1. The van der Waals surface area contributed by atoms with Gasteiger partial charge in [0.05, 0.1) is 7.11 Å². The Balaban J connectivity index is 3.92. The Kier molecular flexibility index (Phi) is 5.33. The minimum absolute atomic E-state index is 0.0488. The number of hydrogen-bond donors (Lipinski definition) is 0. The average molecular weight is 216 g/mol. The molecular formula is C11H20O4. The van der Waals surface area contributed by atoms with Gasteiger partial charge in [-0.1, -0.05) is 6.92 Å². The molecule has 4 nitrogen and oxygen atoms in total. The second-order valence-electron chi connectivity index (χ2n) is 4.68. The first kappa shape index (κ1) is 13.9. The molecule has 0 aliphatic rings. The molecule has 0 heterocycles. The monoisotopic (exact) mass is 216 g/mol. The van der Waals surface area contributed by atoms with Crippen LogP contribution in [0.2, 0.25) is 0 Å². The van der Waals surface area contributed by atoms with Gasteiger partial charge in [-0.3, -0.25) is 9.59 Å². The average Bonchev–Trinajstić information content (AvgIpc) is 1.99. The van der Waals surface area contributed by atoms with Crippen LogP contribution in [-0.4, -0.2) is 24.6 Å². The summed E-state index contributed by atoms with van der Waals surface area (Å²) in [5.74, 6) is -0.628. The molecule has 0 unspecified atom stereocenters. The number of methoxy groups -OCH3 is 1. The van der Waals surface area contributed by atoms with Crippen molar-refractivity contribution in [2.24, 2.45) is 5.92 Å². The largest absolute Gasteiger partial charge is 0.469 e. The van der Waals surface area contributed by atoms with Crippen molar-refractivity contribution in [3.05, 3.63) is 0 Å². The highest BCUT2D eigenvalue weighted by Crippen LogP contribution is 2.14. The summed E-state index contributed by atoms with van der Waals surface area (Å²) in [6.07, 6.45) is 0.488. The summed E-state index contributed by atoms with van der Waals surface area (Å²) in [5, 5.41) is 0. The zero-order valence-corrected chi connectivity index (χ0v) is 10.1. The molecule has 88 valence electrons. The van der Waals surface area contributed by atoms with Crippen LogP contribution in [0, 0.1) is 5.92 Å². The van der Waals surface area contributed by atoms with Gasteiger partial charge in [0.15, 0.2) is 0 Å². The maximum absolute atomic E-state index is 11.4. The summed E-state index contributed by atoms with van der Waals surface area (Å²) >= 11 is 0. The van der Waals surface area contributed by atoms with E-state index in [1.165, 1.54) is 7.11 Å². The third-order valence-corrected chi connectivity index (χ3v) is 1.68. The van der Waals surface area contributed by atoms with Crippen LogP contribution in [0.15, 0.2) is 0 Å². The maximum atomic E-state index is 11.4. The zero-order chi connectivity index (χ0) is 12.1. The quantitative estimate of drug-likeness (QED) is 0.674. The van der Waals surface area contributed by atoms with Crippen molar-refractivity contribution in [1.82, 2.24) is 0 Å². The number of ether oxygens (including phenoxy) is 2. The van der Waals surface area contributed by atoms with Crippen LogP contribution in [0.5, 0.6) is 0 Å². The minimum atomic E-state index is -0.470. The molecule has 4 heteroatoms. The predicted molar refractivity (Wildman–Crippen MR) is 56.3 cm³/mol. The van der Waals surface area contributed by atoms with Gasteiger partial charge in [-0.2, -0.15) is 0 Å². The summed E-state index contributed by atoms with van der Waals surface area (Å²) in [6, 6.07) is 0. The highest BCUT2D eigenvalue weighted by molar-refractivity contribution is 5.73. The summed E-state index contributed by atoms with van der Waals surface area (Å²) < 4.78 is 9.64. The fourth-order valence-corrected chi connectivity index (χ4v) is 1.11. The predicted octanol–water partition coefficient (Wildman–Crippen LogP) is 1.92. The van der Waals surface area contributed by atoms with Crippen molar-refractivity contribution < 1.29 is 19.1 Å². The number of carbonyl (C=O) groups excluding carboxylic acids is 2. The van der Waals surface area contributed by atoms with Crippen molar-refractivity contribution in [2.75, 3.05) is 7.11 Å². The molecule has 0 aliphatic heterocycles. The van der Waals surface area contributed by atoms with Crippen molar-refractivity contribution in [2.45, 2.75) is 46.1 Å². The van der Waals surface area contributed by atoms with E-state index in [9.17, 15) is 9.59 Å². The molecule has 15 heavy (non-hydrogen) atoms. The lowest BCUT2D eigenvalue weighted by Crippen LogP contribution is -2.25. The van der Waals surface area contributed by atoms with Crippen LogP contribution < -0.4 is 0 Å². The van der Waals surface area contributed by atoms with E-state index in [1.807, 2.05) is 27.7 Å². The smallest absolute Gasteiger partial charge is 0.306 e. The van der Waals surface area contributed by atoms with Crippen LogP contribution in [0.1, 0.15) is 40.5 Å². The highest BCUT2D eigenvalue weighted by atomic mass is 16.6. The van der Waals surface area contributed by atoms with Gasteiger partial charge in [0, 0.05) is 12.8 Å². The number of esters is 2. The SMILES string of the molecule is COC(=O)C[C@@H](C)CC(=O)OC(C)(C)C. The van der Waals surface area contributed by atoms with E-state index in [1.54, 1.807) is 0 Å². The van der Waals surface area contributed by atoms with Gasteiger partial charge in [-0.05, 0) is 26.7 Å². The molecular weight excluding hydrogens is 196 g/mol. The molecule has 0 saturated heterocycles. The van der Waals surface area contributed by atoms with Crippen LogP contribution >= 0.6 is 0 Å². The lowest BCUT2D eigenvalue weighted by Gasteiger charge is -2.20. The first-order valence-electron chi connectivity index (χ1n) is 5.03. The fourth-order valence-electron chi connectivity index (χ4n) is 1.11. The molecule has 0 spiro atoms. The Labute approximate surface area is 90.9 Å². The van der Waals surface area contributed by atoms with E-state index < -0.39 is 5.60 Å². The van der Waals surface area contributed by atoms with Crippen LogP contribution in [0.25, 0.3) is 0 Å². The van der Waals surface area contributed by atoms with Gasteiger partial charge in [0.2, 0.25) is 0 Å². The van der Waals surface area contributed by atoms with Crippen molar-refractivity contribution >= 4 is 11.9 Å². The Hall–Kier alpha value is -1.06.